The van der Waals surface area contributed by atoms with E-state index in [0.717, 1.165) is 12.1 Å². The lowest BCUT2D eigenvalue weighted by Gasteiger charge is -2.12. The molecule has 0 bridgehead atoms. The quantitative estimate of drug-likeness (QED) is 0.722. The van der Waals surface area contributed by atoms with Crippen LogP contribution in [-0.4, -0.2) is 13.5 Å². The molecule has 118 valence electrons. The molecule has 0 amide bonds. The van der Waals surface area contributed by atoms with E-state index < -0.39 is 12.8 Å². The van der Waals surface area contributed by atoms with Gasteiger partial charge < -0.3 is 9.47 Å². The van der Waals surface area contributed by atoms with E-state index in [0.29, 0.717) is 16.9 Å². The Kier molecular flexibility index (Phi) is 4.54. The maximum atomic E-state index is 12.8. The number of halogens is 5. The topological polar surface area (TPSA) is 18.5 Å². The lowest BCUT2D eigenvalue weighted by atomic mass is 10.0. The fourth-order valence-electron chi connectivity index (χ4n) is 1.92. The Balaban J connectivity index is 2.36. The number of rotatable bonds is 4. The molecule has 7 heteroatoms. The molecule has 0 N–H and O–H groups in total. The molecule has 0 atom stereocenters. The Morgan fingerprint density at radius 3 is 2.09 bits per heavy atom. The summed E-state index contributed by atoms with van der Waals surface area (Å²) in [4.78, 5) is 0. The minimum absolute atomic E-state index is 0.202. The molecule has 0 fully saturated rings. The van der Waals surface area contributed by atoms with Crippen molar-refractivity contribution in [3.8, 4) is 22.6 Å². The number of methoxy groups -OCH3 is 1. The van der Waals surface area contributed by atoms with Crippen LogP contribution in [0, 0.1) is 0 Å². The van der Waals surface area contributed by atoms with E-state index in [1.807, 2.05) is 0 Å². The second-order valence-electron chi connectivity index (χ2n) is 4.33. The number of benzene rings is 2. The van der Waals surface area contributed by atoms with Gasteiger partial charge in [0.1, 0.15) is 11.5 Å². The summed E-state index contributed by atoms with van der Waals surface area (Å²) in [5.74, 6) is -0.0471. The van der Waals surface area contributed by atoms with Gasteiger partial charge in [0.2, 0.25) is 0 Å². The van der Waals surface area contributed by atoms with Gasteiger partial charge in [-0.2, -0.15) is 0 Å². The van der Waals surface area contributed by atoms with Gasteiger partial charge in [0.15, 0.2) is 0 Å². The first-order chi connectivity index (χ1) is 10.3. The largest absolute Gasteiger partial charge is 0.573 e. The molecule has 0 aromatic heterocycles. The number of ether oxygens (including phenoxy) is 2. The van der Waals surface area contributed by atoms with E-state index in [-0.39, 0.29) is 11.3 Å². The summed E-state index contributed by atoms with van der Waals surface area (Å²) in [6, 6.07) is 8.76. The smallest absolute Gasteiger partial charge is 0.496 e. The van der Waals surface area contributed by atoms with E-state index in [9.17, 15) is 22.0 Å². The predicted octanol–water partition coefficient (Wildman–Crippen LogP) is 5.20. The van der Waals surface area contributed by atoms with Gasteiger partial charge >= 0.3 is 6.36 Å². The average molecular weight is 318 g/mol. The van der Waals surface area contributed by atoms with Crippen molar-refractivity contribution in [2.75, 3.05) is 7.11 Å². The molecule has 2 aromatic carbocycles. The number of hydrogen-bond donors (Lipinski definition) is 0. The third kappa shape index (κ3) is 3.87. The van der Waals surface area contributed by atoms with Gasteiger partial charge in [-0.15, -0.1) is 13.2 Å². The Labute approximate surface area is 123 Å². The molecule has 0 radical (unpaired) electrons. The highest BCUT2D eigenvalue weighted by Gasteiger charge is 2.31. The summed E-state index contributed by atoms with van der Waals surface area (Å²) in [7, 11) is 1.38. The highest BCUT2D eigenvalue weighted by molar-refractivity contribution is 5.71. The van der Waals surface area contributed by atoms with Gasteiger partial charge in [0.25, 0.3) is 6.43 Å². The molecule has 0 saturated heterocycles. The molecule has 0 aliphatic carbocycles. The summed E-state index contributed by atoms with van der Waals surface area (Å²) in [5.41, 5.74) is 0.596. The molecule has 0 spiro atoms. The van der Waals surface area contributed by atoms with E-state index in [1.165, 1.54) is 37.4 Å². The van der Waals surface area contributed by atoms with Crippen LogP contribution in [-0.2, 0) is 0 Å². The summed E-state index contributed by atoms with van der Waals surface area (Å²) < 4.78 is 70.7. The fraction of sp³-hybridized carbons (Fsp3) is 0.200. The fourth-order valence-corrected chi connectivity index (χ4v) is 1.92. The van der Waals surface area contributed by atoms with E-state index in [2.05, 4.69) is 4.74 Å². The van der Waals surface area contributed by atoms with Gasteiger partial charge in [0, 0.05) is 11.1 Å². The zero-order valence-electron chi connectivity index (χ0n) is 11.3. The summed E-state index contributed by atoms with van der Waals surface area (Å²) >= 11 is 0. The molecular weight excluding hydrogens is 307 g/mol. The van der Waals surface area contributed by atoms with Crippen LogP contribution in [0.15, 0.2) is 42.5 Å². The Bertz CT molecular complexity index is 635. The maximum absolute atomic E-state index is 12.8. The molecule has 0 aliphatic rings. The van der Waals surface area contributed by atoms with Gasteiger partial charge in [0.05, 0.1) is 7.11 Å². The van der Waals surface area contributed by atoms with Crippen molar-refractivity contribution in [2.45, 2.75) is 12.8 Å². The summed E-state index contributed by atoms with van der Waals surface area (Å²) in [5, 5.41) is 0. The molecule has 22 heavy (non-hydrogen) atoms. The van der Waals surface area contributed by atoms with Crippen molar-refractivity contribution in [1.29, 1.82) is 0 Å². The minimum atomic E-state index is -4.78. The van der Waals surface area contributed by atoms with Crippen LogP contribution in [0.4, 0.5) is 22.0 Å². The van der Waals surface area contributed by atoms with Crippen molar-refractivity contribution in [3.05, 3.63) is 48.0 Å². The molecule has 2 nitrogen and oxygen atoms in total. The first kappa shape index (κ1) is 16.1. The lowest BCUT2D eigenvalue weighted by Crippen LogP contribution is -2.16. The number of alkyl halides is 5. The normalized spacial score (nSPS) is 11.6. The molecule has 0 heterocycles. The Morgan fingerprint density at radius 2 is 1.59 bits per heavy atom. The van der Waals surface area contributed by atoms with Crippen LogP contribution in [0.25, 0.3) is 11.1 Å². The van der Waals surface area contributed by atoms with Crippen LogP contribution in [0.3, 0.4) is 0 Å². The monoisotopic (exact) mass is 318 g/mol. The number of hydrogen-bond acceptors (Lipinski definition) is 2. The van der Waals surface area contributed by atoms with Crippen LogP contribution in [0.1, 0.15) is 12.0 Å². The minimum Gasteiger partial charge on any atom is -0.496 e. The van der Waals surface area contributed by atoms with Gasteiger partial charge in [-0.05, 0) is 35.9 Å². The summed E-state index contributed by atoms with van der Waals surface area (Å²) in [6.45, 7) is 0. The second-order valence-corrected chi connectivity index (χ2v) is 4.33. The van der Waals surface area contributed by atoms with Gasteiger partial charge in [-0.3, -0.25) is 0 Å². The highest BCUT2D eigenvalue weighted by atomic mass is 19.4. The standard InChI is InChI=1S/C15H11F5O2/c1-21-13-7-4-10(14(16)17)8-12(13)9-2-5-11(6-3-9)22-15(18,19)20/h2-8,14H,1H3. The van der Waals surface area contributed by atoms with Crippen LogP contribution in [0.2, 0.25) is 0 Å². The predicted molar refractivity (Wildman–Crippen MR) is 70.1 cm³/mol. The van der Waals surface area contributed by atoms with Crippen LogP contribution < -0.4 is 9.47 Å². The van der Waals surface area contributed by atoms with Crippen molar-refractivity contribution < 1.29 is 31.4 Å². The third-order valence-corrected chi connectivity index (χ3v) is 2.87. The van der Waals surface area contributed by atoms with Crippen LogP contribution >= 0.6 is 0 Å². The van der Waals surface area contributed by atoms with Crippen LogP contribution in [0.5, 0.6) is 11.5 Å². The van der Waals surface area contributed by atoms with E-state index in [4.69, 9.17) is 4.74 Å². The van der Waals surface area contributed by atoms with Crippen molar-refractivity contribution in [1.82, 2.24) is 0 Å². The maximum Gasteiger partial charge on any atom is 0.573 e. The molecular formula is C15H11F5O2. The Morgan fingerprint density at radius 1 is 0.955 bits per heavy atom. The molecule has 0 aliphatic heterocycles. The zero-order chi connectivity index (χ0) is 16.3. The molecule has 2 rings (SSSR count). The summed E-state index contributed by atoms with van der Waals surface area (Å²) in [6.07, 6.45) is -7.44. The highest BCUT2D eigenvalue weighted by Crippen LogP contribution is 2.35. The first-order valence-electron chi connectivity index (χ1n) is 6.12. The SMILES string of the molecule is COc1ccc(C(F)F)cc1-c1ccc(OC(F)(F)F)cc1. The van der Waals surface area contributed by atoms with Gasteiger partial charge in [-0.25, -0.2) is 8.78 Å². The first-order valence-corrected chi connectivity index (χ1v) is 6.12. The van der Waals surface area contributed by atoms with Crippen molar-refractivity contribution in [3.63, 3.8) is 0 Å². The third-order valence-electron chi connectivity index (χ3n) is 2.87. The average Bonchev–Trinajstić information content (AvgIpc) is 2.45. The molecule has 0 saturated carbocycles. The van der Waals surface area contributed by atoms with Gasteiger partial charge in [-0.1, -0.05) is 12.1 Å². The van der Waals surface area contributed by atoms with E-state index in [1.54, 1.807) is 0 Å². The van der Waals surface area contributed by atoms with E-state index >= 15 is 0 Å². The second kappa shape index (κ2) is 6.21. The zero-order valence-corrected chi connectivity index (χ0v) is 11.3. The lowest BCUT2D eigenvalue weighted by molar-refractivity contribution is -0.274. The molecule has 0 unspecified atom stereocenters. The molecule has 2 aromatic rings. The van der Waals surface area contributed by atoms with Crippen molar-refractivity contribution >= 4 is 0 Å². The Hall–Kier alpha value is -2.31. The van der Waals surface area contributed by atoms with Crippen molar-refractivity contribution in [2.24, 2.45) is 0 Å².